The average Bonchev–Trinajstić information content (AvgIpc) is 3.28. The third-order valence-corrected chi connectivity index (χ3v) is 16.1. The molecule has 58 heavy (non-hydrogen) atoms. The van der Waals surface area contributed by atoms with Crippen LogP contribution in [0.2, 0.25) is 0 Å². The van der Waals surface area contributed by atoms with Crippen molar-refractivity contribution >= 4 is 69.2 Å². The van der Waals surface area contributed by atoms with Crippen molar-refractivity contribution in [1.29, 1.82) is 0 Å². The largest absolute Gasteiger partial charge is 0.111 e. The minimum absolute atomic E-state index is 0. The van der Waals surface area contributed by atoms with E-state index >= 15 is 0 Å². The van der Waals surface area contributed by atoms with Crippen molar-refractivity contribution in [3.05, 3.63) is 241 Å². The molecule has 0 saturated heterocycles. The van der Waals surface area contributed by atoms with Crippen molar-refractivity contribution in [2.75, 3.05) is 0 Å². The molecule has 0 heterocycles. The van der Waals surface area contributed by atoms with Crippen LogP contribution in [0.3, 0.4) is 0 Å². The molecule has 0 fully saturated rings. The molecule has 0 aliphatic rings. The first-order chi connectivity index (χ1) is 28.1. The van der Waals surface area contributed by atoms with Crippen LogP contribution in [-0.4, -0.2) is 6.04 Å². The molecule has 9 aromatic carbocycles. The minimum Gasteiger partial charge on any atom is -0.0620 e. The summed E-state index contributed by atoms with van der Waals surface area (Å²) in [5.41, 5.74) is 18.6. The van der Waals surface area contributed by atoms with Crippen LogP contribution < -0.4 is 31.8 Å². The van der Waals surface area contributed by atoms with Crippen molar-refractivity contribution in [3.63, 3.8) is 0 Å². The maximum Gasteiger partial charge on any atom is 0.111 e. The van der Waals surface area contributed by atoms with E-state index in [1.54, 1.807) is 6.92 Å². The van der Waals surface area contributed by atoms with Crippen molar-refractivity contribution in [1.82, 2.24) is 0 Å². The van der Waals surface area contributed by atoms with Crippen LogP contribution in [0.25, 0.3) is 44.1 Å². The van der Waals surface area contributed by atoms with Gasteiger partial charge in [0.25, 0.3) is 0 Å². The van der Waals surface area contributed by atoms with Gasteiger partial charge in [0.05, 0.1) is 15.8 Å². The van der Waals surface area contributed by atoms with Gasteiger partial charge in [0.15, 0.2) is 0 Å². The molecule has 2 nitrogen and oxygen atoms in total. The van der Waals surface area contributed by atoms with Gasteiger partial charge >= 0.3 is 19.5 Å². The predicted octanol–water partition coefficient (Wildman–Crippen LogP) is 11.3. The number of hydrogen-bond donors (Lipinski definition) is 0. The molecule has 0 radical (unpaired) electrons. The molecule has 2 atom stereocenters. The molecule has 0 aromatic heterocycles. The van der Waals surface area contributed by atoms with Crippen molar-refractivity contribution < 1.29 is 19.5 Å². The Balaban J connectivity index is 0.000000372. The summed E-state index contributed by atoms with van der Waals surface area (Å²) in [5, 5.41) is 13.6. The summed E-state index contributed by atoms with van der Waals surface area (Å²) < 4.78 is 0. The fourth-order valence-electron chi connectivity index (χ4n) is 7.82. The molecule has 0 amide bonds. The summed E-state index contributed by atoms with van der Waals surface area (Å²) in [6, 6.07) is 81.0. The Hall–Kier alpha value is -5.10. The molecule has 0 unspecified atom stereocenters. The first kappa shape index (κ1) is 41.1. The standard InChI is InChI=1S/C44H32P2.C9H12N2.Ru.2H/c1-5-19-35(20-6-1)45(36-21-7-2-8-22-36)41-31-29-33-17-13-15-27-39(33)43(41)44-40-28-16-14-18-34(40)30-32-42(44)46(37-23-9-3-10-24-37)38-25-11-4-12-26-38;1-7(10)9(11)8-5-3-2-4-6-8;;;/h1-32H;2-7,9-11H,1H3;;;/q;-2;+2;;/p+2/t;7-,9+;;;/m.1.../s1. The zero-order chi connectivity index (χ0) is 39.0. The summed E-state index contributed by atoms with van der Waals surface area (Å²) in [6.45, 7) is 1.74. The van der Waals surface area contributed by atoms with E-state index in [1.807, 2.05) is 30.3 Å². The fourth-order valence-corrected chi connectivity index (χ4v) is 13.4. The number of nitrogens with one attached hydrogen (secondary N) is 2. The van der Waals surface area contributed by atoms with E-state index < -0.39 is 21.9 Å². The van der Waals surface area contributed by atoms with Gasteiger partial charge in [0.1, 0.15) is 31.8 Å². The Morgan fingerprint density at radius 2 is 0.638 bits per heavy atom. The van der Waals surface area contributed by atoms with E-state index in [0.717, 1.165) is 5.56 Å². The topological polar surface area (TPSA) is 47.6 Å². The van der Waals surface area contributed by atoms with Gasteiger partial charge in [-0.15, -0.1) is 6.04 Å². The molecule has 0 bridgehead atoms. The van der Waals surface area contributed by atoms with Gasteiger partial charge in [-0.25, -0.2) is 0 Å². The Morgan fingerprint density at radius 3 is 0.966 bits per heavy atom. The van der Waals surface area contributed by atoms with Gasteiger partial charge in [-0.3, -0.25) is 0 Å². The molecule has 0 saturated carbocycles. The fraction of sp³-hybridized carbons (Fsp3) is 0.0566. The summed E-state index contributed by atoms with van der Waals surface area (Å²) in [5.74, 6) is 0. The van der Waals surface area contributed by atoms with Crippen LogP contribution in [-0.2, 0) is 19.5 Å². The molecule has 5 heteroatoms. The molecular weight excluding hydrogens is 828 g/mol. The third-order valence-electron chi connectivity index (χ3n) is 10.6. The monoisotopic (exact) mass is 876 g/mol. The summed E-state index contributed by atoms with van der Waals surface area (Å²) in [4.78, 5) is 0. The van der Waals surface area contributed by atoms with E-state index in [1.165, 1.54) is 64.5 Å². The van der Waals surface area contributed by atoms with E-state index in [0.29, 0.717) is 0 Å². The van der Waals surface area contributed by atoms with Crippen LogP contribution in [0.15, 0.2) is 224 Å². The van der Waals surface area contributed by atoms with Gasteiger partial charge in [0.2, 0.25) is 0 Å². The molecule has 2 N–H and O–H groups in total. The van der Waals surface area contributed by atoms with Gasteiger partial charge in [-0.2, -0.15) is 6.04 Å². The van der Waals surface area contributed by atoms with E-state index in [9.17, 15) is 0 Å². The summed E-state index contributed by atoms with van der Waals surface area (Å²) in [6.07, 6.45) is 0. The van der Waals surface area contributed by atoms with E-state index in [-0.39, 0.29) is 25.5 Å². The van der Waals surface area contributed by atoms with Crippen LogP contribution >= 0.6 is 15.8 Å². The molecule has 9 rings (SSSR count). The van der Waals surface area contributed by atoms with Gasteiger partial charge < -0.3 is 11.5 Å². The second-order valence-corrected chi connectivity index (χ2v) is 19.2. The number of rotatable bonds is 9. The van der Waals surface area contributed by atoms with Gasteiger partial charge in [-0.05, 0) is 82.2 Å². The Bertz CT molecular complexity index is 2430. The molecule has 0 aliphatic carbocycles. The van der Waals surface area contributed by atoms with Gasteiger partial charge in [0, 0.05) is 11.1 Å². The Labute approximate surface area is 358 Å². The van der Waals surface area contributed by atoms with Gasteiger partial charge in [-0.1, -0.05) is 176 Å². The smallest absolute Gasteiger partial charge is 0.0620 e. The zero-order valence-electron chi connectivity index (χ0n) is 32.4. The van der Waals surface area contributed by atoms with Crippen LogP contribution in [0.1, 0.15) is 18.5 Å². The quantitative estimate of drug-likeness (QED) is 0.102. The Morgan fingerprint density at radius 1 is 0.345 bits per heavy atom. The molecule has 0 aliphatic heterocycles. The van der Waals surface area contributed by atoms with E-state index in [4.69, 9.17) is 11.5 Å². The van der Waals surface area contributed by atoms with Crippen molar-refractivity contribution in [2.45, 2.75) is 19.0 Å². The average molecular weight is 876 g/mol. The Kier molecular flexibility index (Phi) is 13.9. The van der Waals surface area contributed by atoms with Crippen molar-refractivity contribution in [2.24, 2.45) is 0 Å². The number of benzene rings is 9. The second-order valence-electron chi connectivity index (χ2n) is 14.3. The summed E-state index contributed by atoms with van der Waals surface area (Å²) in [7, 11) is -2.74. The summed E-state index contributed by atoms with van der Waals surface area (Å²) >= 11 is 0. The first-order valence-corrected chi connectivity index (χ1v) is 22.6. The maximum absolute atomic E-state index is 7.58. The van der Waals surface area contributed by atoms with Crippen molar-refractivity contribution in [3.8, 4) is 11.1 Å². The van der Waals surface area contributed by atoms with Crippen LogP contribution in [0, 0.1) is 0 Å². The van der Waals surface area contributed by atoms with Crippen LogP contribution in [0.5, 0.6) is 0 Å². The SMILES string of the molecule is C[C@@H]([NH-])[C@H]([NH-])c1ccccc1.[RuH2+2].c1ccc([PH+](c2ccccc2)c2ccc3ccccc3c2-c2c([PH+](c3ccccc3)c3ccccc3)ccc3ccccc23)cc1. The van der Waals surface area contributed by atoms with Crippen LogP contribution in [0.4, 0.5) is 0 Å². The first-order valence-electron chi connectivity index (χ1n) is 19.6. The molecule has 286 valence electrons. The molecule has 9 aromatic rings. The zero-order valence-corrected chi connectivity index (χ0v) is 36.4. The molecular formula is C53H48N2P2Ru+2. The number of hydrogen-bond acceptors (Lipinski definition) is 0. The number of fused-ring (bicyclic) bond motifs is 2. The molecule has 0 spiro atoms. The maximum atomic E-state index is 7.58. The predicted molar refractivity (Wildman–Crippen MR) is 257 cm³/mol. The second kappa shape index (κ2) is 19.6. The van der Waals surface area contributed by atoms with E-state index in [2.05, 4.69) is 194 Å². The normalized spacial score (nSPS) is 12.1. The third kappa shape index (κ3) is 8.97. The minimum atomic E-state index is -1.37.